The number of fused-ring (bicyclic) bond motifs is 1. The number of para-hydroxylation sites is 1. The van der Waals surface area contributed by atoms with Crippen molar-refractivity contribution in [2.75, 3.05) is 24.7 Å². The van der Waals surface area contributed by atoms with Crippen molar-refractivity contribution in [3.05, 3.63) is 42.2 Å². The Morgan fingerprint density at radius 2 is 2.00 bits per heavy atom. The molecule has 2 aromatic rings. The molecule has 0 spiro atoms. The van der Waals surface area contributed by atoms with Crippen molar-refractivity contribution in [2.24, 2.45) is 0 Å². The Morgan fingerprint density at radius 1 is 1.26 bits per heavy atom. The van der Waals surface area contributed by atoms with E-state index in [0.717, 1.165) is 10.1 Å². The number of benzene rings is 1. The van der Waals surface area contributed by atoms with E-state index in [1.54, 1.807) is 6.07 Å². The molecule has 5 nitrogen and oxygen atoms in total. The van der Waals surface area contributed by atoms with Crippen LogP contribution in [-0.2, 0) is 16.6 Å². The summed E-state index contributed by atoms with van der Waals surface area (Å²) in [4.78, 5) is 3.51. The topological polar surface area (TPSA) is 53.8 Å². The minimum Gasteiger partial charge on any atom is -0.446 e. The van der Waals surface area contributed by atoms with Crippen LogP contribution in [0.2, 0.25) is 0 Å². The molecule has 1 aromatic carbocycles. The van der Waals surface area contributed by atoms with Crippen molar-refractivity contribution in [3.63, 3.8) is 0 Å². The van der Waals surface area contributed by atoms with Gasteiger partial charge in [0.2, 0.25) is 5.09 Å². The fourth-order valence-corrected chi connectivity index (χ4v) is 4.45. The minimum absolute atomic E-state index is 0.00942. The average Bonchev–Trinajstić information content (AvgIpc) is 2.99. The van der Waals surface area contributed by atoms with Crippen LogP contribution >= 0.6 is 11.8 Å². The summed E-state index contributed by atoms with van der Waals surface area (Å²) in [6.45, 7) is 2.73. The number of hydrogen-bond acceptors (Lipinski definition) is 5. The van der Waals surface area contributed by atoms with Gasteiger partial charge >= 0.3 is 0 Å². The van der Waals surface area contributed by atoms with E-state index in [1.807, 2.05) is 23.9 Å². The zero-order chi connectivity index (χ0) is 16.6. The normalized spacial score (nSPS) is 18.3. The molecular formula is C16H20N2O3S2. The van der Waals surface area contributed by atoms with Crippen molar-refractivity contribution in [1.29, 1.82) is 0 Å². The van der Waals surface area contributed by atoms with Crippen molar-refractivity contribution < 1.29 is 12.8 Å². The maximum Gasteiger partial charge on any atom is 0.275 e. The zero-order valence-corrected chi connectivity index (χ0v) is 15.0. The van der Waals surface area contributed by atoms with E-state index in [4.69, 9.17) is 4.42 Å². The summed E-state index contributed by atoms with van der Waals surface area (Å²) in [6.07, 6.45) is 0. The number of rotatable bonds is 4. The van der Waals surface area contributed by atoms with Gasteiger partial charge in [-0.3, -0.25) is 0 Å². The van der Waals surface area contributed by atoms with E-state index in [-0.39, 0.29) is 5.09 Å². The Morgan fingerprint density at radius 3 is 2.74 bits per heavy atom. The molecule has 1 aliphatic rings. The van der Waals surface area contributed by atoms with Crippen LogP contribution in [0.4, 0.5) is 5.69 Å². The van der Waals surface area contributed by atoms with Crippen molar-refractivity contribution in [2.45, 2.75) is 29.5 Å². The third-order valence-electron chi connectivity index (χ3n) is 3.88. The molecule has 0 fully saturated rings. The van der Waals surface area contributed by atoms with Crippen LogP contribution in [0.25, 0.3) is 0 Å². The number of anilines is 1. The third kappa shape index (κ3) is 3.13. The number of nitrogens with zero attached hydrogens (tertiary/aromatic N) is 2. The van der Waals surface area contributed by atoms with Crippen molar-refractivity contribution in [3.8, 4) is 0 Å². The quantitative estimate of drug-likeness (QED) is 0.846. The molecule has 0 radical (unpaired) electrons. The Balaban J connectivity index is 1.87. The van der Waals surface area contributed by atoms with Gasteiger partial charge in [0, 0.05) is 30.8 Å². The summed E-state index contributed by atoms with van der Waals surface area (Å²) in [5.41, 5.74) is 1.17. The Kier molecular flexibility index (Phi) is 4.44. The monoisotopic (exact) mass is 352 g/mol. The highest BCUT2D eigenvalue weighted by Crippen LogP contribution is 2.38. The van der Waals surface area contributed by atoms with Gasteiger partial charge in [0.05, 0.1) is 12.2 Å². The lowest BCUT2D eigenvalue weighted by Gasteiger charge is -2.36. The van der Waals surface area contributed by atoms with Crippen LogP contribution in [0.5, 0.6) is 0 Å². The highest BCUT2D eigenvalue weighted by atomic mass is 32.2. The molecule has 0 saturated carbocycles. The molecule has 23 heavy (non-hydrogen) atoms. The smallest absolute Gasteiger partial charge is 0.275 e. The van der Waals surface area contributed by atoms with Gasteiger partial charge in [-0.05, 0) is 31.2 Å². The van der Waals surface area contributed by atoms with Gasteiger partial charge in [-0.25, -0.2) is 12.7 Å². The second-order valence-corrected chi connectivity index (χ2v) is 8.91. The summed E-state index contributed by atoms with van der Waals surface area (Å²) in [5, 5.41) is -0.00942. The van der Waals surface area contributed by atoms with Gasteiger partial charge in [0.15, 0.2) is 0 Å². The van der Waals surface area contributed by atoms with Crippen LogP contribution in [-0.4, -0.2) is 38.6 Å². The summed E-state index contributed by atoms with van der Waals surface area (Å²) >= 11 is 1.85. The van der Waals surface area contributed by atoms with Gasteiger partial charge in [-0.15, -0.1) is 11.8 Å². The minimum atomic E-state index is -3.53. The molecule has 0 unspecified atom stereocenters. The van der Waals surface area contributed by atoms with E-state index in [1.165, 1.54) is 30.7 Å². The standard InChI is InChI=1S/C16H20N2O3S2/c1-12-11-22-15-7-5-4-6-14(15)18(12)10-13-8-9-16(21-13)23(19,20)17(2)3/h4-9,12H,10-11H2,1-3H3/t12-/m1/s1. The van der Waals surface area contributed by atoms with E-state index >= 15 is 0 Å². The van der Waals surface area contributed by atoms with Gasteiger partial charge < -0.3 is 9.32 Å². The van der Waals surface area contributed by atoms with E-state index in [2.05, 4.69) is 24.0 Å². The van der Waals surface area contributed by atoms with Crippen LogP contribution in [0.1, 0.15) is 12.7 Å². The van der Waals surface area contributed by atoms with Crippen LogP contribution in [0, 0.1) is 0 Å². The summed E-state index contributed by atoms with van der Waals surface area (Å²) in [5.74, 6) is 1.65. The van der Waals surface area contributed by atoms with E-state index < -0.39 is 10.0 Å². The van der Waals surface area contributed by atoms with Gasteiger partial charge in [-0.1, -0.05) is 12.1 Å². The van der Waals surface area contributed by atoms with Gasteiger partial charge in [0.25, 0.3) is 10.0 Å². The summed E-state index contributed by atoms with van der Waals surface area (Å²) in [7, 11) is -0.531. The predicted octanol–water partition coefficient (Wildman–Crippen LogP) is 3.03. The second kappa shape index (κ2) is 6.22. The first-order chi connectivity index (χ1) is 10.9. The van der Waals surface area contributed by atoms with Crippen LogP contribution in [0.3, 0.4) is 0 Å². The Hall–Kier alpha value is -1.44. The highest BCUT2D eigenvalue weighted by molar-refractivity contribution is 7.99. The maximum absolute atomic E-state index is 12.1. The molecule has 0 aliphatic carbocycles. The number of furan rings is 1. The van der Waals surface area contributed by atoms with E-state index in [0.29, 0.717) is 18.3 Å². The number of thioether (sulfide) groups is 1. The third-order valence-corrected chi connectivity index (χ3v) is 6.88. The predicted molar refractivity (Wildman–Crippen MR) is 92.4 cm³/mol. The lowest BCUT2D eigenvalue weighted by Crippen LogP contribution is -2.37. The maximum atomic E-state index is 12.1. The molecule has 1 aromatic heterocycles. The molecule has 124 valence electrons. The zero-order valence-electron chi connectivity index (χ0n) is 13.4. The molecular weight excluding hydrogens is 332 g/mol. The SMILES string of the molecule is C[C@@H]1CSc2ccccc2N1Cc1ccc(S(=O)(=O)N(C)C)o1. The Labute approximate surface area is 141 Å². The van der Waals surface area contributed by atoms with E-state index in [9.17, 15) is 8.42 Å². The van der Waals surface area contributed by atoms with Crippen LogP contribution in [0.15, 0.2) is 50.8 Å². The fraction of sp³-hybridized carbons (Fsp3) is 0.375. The highest BCUT2D eigenvalue weighted by Gasteiger charge is 2.26. The molecule has 1 atom stereocenters. The molecule has 0 N–H and O–H groups in total. The molecule has 0 bridgehead atoms. The molecule has 0 amide bonds. The first-order valence-corrected chi connectivity index (χ1v) is 9.82. The van der Waals surface area contributed by atoms with Gasteiger partial charge in [0.1, 0.15) is 5.76 Å². The van der Waals surface area contributed by atoms with Crippen molar-refractivity contribution >= 4 is 27.5 Å². The van der Waals surface area contributed by atoms with Crippen molar-refractivity contribution in [1.82, 2.24) is 4.31 Å². The Bertz CT molecular complexity index is 799. The summed E-state index contributed by atoms with van der Waals surface area (Å²) in [6, 6.07) is 11.9. The lowest BCUT2D eigenvalue weighted by molar-refractivity contribution is 0.393. The first-order valence-electron chi connectivity index (χ1n) is 7.39. The second-order valence-electron chi connectivity index (χ2n) is 5.76. The molecule has 1 aliphatic heterocycles. The van der Waals surface area contributed by atoms with Gasteiger partial charge in [-0.2, -0.15) is 0 Å². The molecule has 3 rings (SSSR count). The molecule has 7 heteroatoms. The molecule has 2 heterocycles. The molecule has 0 saturated heterocycles. The lowest BCUT2D eigenvalue weighted by atomic mass is 10.2. The average molecular weight is 352 g/mol. The first kappa shape index (κ1) is 16.4. The number of sulfonamides is 1. The fourth-order valence-electron chi connectivity index (χ4n) is 2.52. The summed E-state index contributed by atoms with van der Waals surface area (Å²) < 4.78 is 31.0. The van der Waals surface area contributed by atoms with Crippen LogP contribution < -0.4 is 4.90 Å². The number of hydrogen-bond donors (Lipinski definition) is 0. The largest absolute Gasteiger partial charge is 0.446 e.